The van der Waals surface area contributed by atoms with Crippen molar-refractivity contribution in [1.29, 1.82) is 0 Å². The standard InChI is InChI=1S/C14H14N4OS2/c19-14(9-18-11-15-10-16-18)17(7-12-3-1-5-20-12)8-13-4-2-6-21-13/h1-6,10-11H,7-9H2. The molecule has 5 nitrogen and oxygen atoms in total. The van der Waals surface area contributed by atoms with E-state index in [1.807, 2.05) is 27.8 Å². The van der Waals surface area contributed by atoms with E-state index in [4.69, 9.17) is 0 Å². The Morgan fingerprint density at radius 1 is 1.14 bits per heavy atom. The van der Waals surface area contributed by atoms with Crippen molar-refractivity contribution in [2.45, 2.75) is 19.6 Å². The Bertz CT molecular complexity index is 626. The van der Waals surface area contributed by atoms with Gasteiger partial charge in [-0.2, -0.15) is 5.10 Å². The van der Waals surface area contributed by atoms with E-state index in [1.54, 1.807) is 33.7 Å². The van der Waals surface area contributed by atoms with Gasteiger partial charge in [0, 0.05) is 9.75 Å². The first-order valence-corrected chi connectivity index (χ1v) is 8.22. The molecule has 0 aliphatic heterocycles. The number of hydrogen-bond acceptors (Lipinski definition) is 5. The molecule has 3 aromatic rings. The van der Waals surface area contributed by atoms with Crippen LogP contribution >= 0.6 is 22.7 Å². The Kier molecular flexibility index (Phi) is 4.42. The number of amides is 1. The van der Waals surface area contributed by atoms with Gasteiger partial charge in [-0.15, -0.1) is 22.7 Å². The quantitative estimate of drug-likeness (QED) is 0.702. The van der Waals surface area contributed by atoms with Crippen LogP contribution in [0.1, 0.15) is 9.75 Å². The molecule has 0 bridgehead atoms. The molecule has 0 spiro atoms. The normalized spacial score (nSPS) is 10.7. The van der Waals surface area contributed by atoms with E-state index in [1.165, 1.54) is 16.1 Å². The summed E-state index contributed by atoms with van der Waals surface area (Å²) in [5.41, 5.74) is 0. The van der Waals surface area contributed by atoms with Crippen LogP contribution in [0.15, 0.2) is 47.7 Å². The van der Waals surface area contributed by atoms with Gasteiger partial charge in [-0.05, 0) is 22.9 Å². The first kappa shape index (κ1) is 14.0. The smallest absolute Gasteiger partial charge is 0.245 e. The van der Waals surface area contributed by atoms with E-state index >= 15 is 0 Å². The molecule has 0 fully saturated rings. The third-order valence-electron chi connectivity index (χ3n) is 2.97. The van der Waals surface area contributed by atoms with E-state index in [2.05, 4.69) is 22.2 Å². The largest absolute Gasteiger partial charge is 0.331 e. The van der Waals surface area contributed by atoms with Gasteiger partial charge in [0.25, 0.3) is 0 Å². The monoisotopic (exact) mass is 318 g/mol. The van der Waals surface area contributed by atoms with E-state index < -0.39 is 0 Å². The predicted octanol–water partition coefficient (Wildman–Crippen LogP) is 2.63. The van der Waals surface area contributed by atoms with Crippen LogP contribution in [0, 0.1) is 0 Å². The van der Waals surface area contributed by atoms with Crippen LogP contribution in [-0.4, -0.2) is 25.6 Å². The minimum absolute atomic E-state index is 0.0438. The molecular formula is C14H14N4OS2. The predicted molar refractivity (Wildman–Crippen MR) is 82.9 cm³/mol. The number of hydrogen-bond donors (Lipinski definition) is 0. The maximum atomic E-state index is 12.5. The lowest BCUT2D eigenvalue weighted by molar-refractivity contribution is -0.133. The average molecular weight is 318 g/mol. The third-order valence-corrected chi connectivity index (χ3v) is 4.69. The van der Waals surface area contributed by atoms with Crippen LogP contribution in [-0.2, 0) is 24.4 Å². The number of rotatable bonds is 6. The van der Waals surface area contributed by atoms with Crippen molar-refractivity contribution >= 4 is 28.6 Å². The Labute approximate surface area is 130 Å². The van der Waals surface area contributed by atoms with Crippen LogP contribution in [0.2, 0.25) is 0 Å². The van der Waals surface area contributed by atoms with Gasteiger partial charge in [-0.1, -0.05) is 12.1 Å². The Balaban J connectivity index is 1.72. The molecular weight excluding hydrogens is 304 g/mol. The van der Waals surface area contributed by atoms with Gasteiger partial charge < -0.3 is 4.90 Å². The lowest BCUT2D eigenvalue weighted by Crippen LogP contribution is -2.32. The SMILES string of the molecule is O=C(Cn1cncn1)N(Cc1cccs1)Cc1cccs1. The Hall–Kier alpha value is -1.99. The van der Waals surface area contributed by atoms with Crippen molar-refractivity contribution < 1.29 is 4.79 Å². The first-order valence-electron chi connectivity index (χ1n) is 6.46. The highest BCUT2D eigenvalue weighted by Crippen LogP contribution is 2.17. The summed E-state index contributed by atoms with van der Waals surface area (Å²) in [5, 5.41) is 8.05. The summed E-state index contributed by atoms with van der Waals surface area (Å²) < 4.78 is 1.55. The summed E-state index contributed by atoms with van der Waals surface area (Å²) in [4.78, 5) is 20.6. The summed E-state index contributed by atoms with van der Waals surface area (Å²) in [6.07, 6.45) is 3.00. The van der Waals surface area contributed by atoms with Gasteiger partial charge in [0.05, 0.1) is 13.1 Å². The van der Waals surface area contributed by atoms with Crippen molar-refractivity contribution in [1.82, 2.24) is 19.7 Å². The molecule has 0 aliphatic rings. The fourth-order valence-corrected chi connectivity index (χ4v) is 3.41. The molecule has 0 unspecified atom stereocenters. The summed E-state index contributed by atoms with van der Waals surface area (Å²) in [5.74, 6) is 0.0438. The lowest BCUT2D eigenvalue weighted by Gasteiger charge is -2.21. The zero-order valence-corrected chi connectivity index (χ0v) is 12.9. The summed E-state index contributed by atoms with van der Waals surface area (Å²) in [7, 11) is 0. The minimum Gasteiger partial charge on any atom is -0.331 e. The molecule has 3 aromatic heterocycles. The van der Waals surface area contributed by atoms with E-state index in [0.717, 1.165) is 0 Å². The molecule has 0 N–H and O–H groups in total. The molecule has 1 amide bonds. The highest BCUT2D eigenvalue weighted by atomic mass is 32.1. The average Bonchev–Trinajstić information content (AvgIpc) is 3.21. The van der Waals surface area contributed by atoms with Crippen LogP contribution < -0.4 is 0 Å². The summed E-state index contributed by atoms with van der Waals surface area (Å²) in [6, 6.07) is 8.11. The van der Waals surface area contributed by atoms with Gasteiger partial charge in [0.1, 0.15) is 19.2 Å². The van der Waals surface area contributed by atoms with Crippen molar-refractivity contribution in [3.05, 3.63) is 57.4 Å². The number of aromatic nitrogens is 3. The maximum absolute atomic E-state index is 12.5. The van der Waals surface area contributed by atoms with Gasteiger partial charge in [0.2, 0.25) is 5.91 Å². The van der Waals surface area contributed by atoms with Gasteiger partial charge in [-0.25, -0.2) is 9.67 Å². The second-order valence-corrected chi connectivity index (χ2v) is 6.57. The molecule has 0 saturated heterocycles. The molecule has 0 saturated carbocycles. The third kappa shape index (κ3) is 3.77. The fraction of sp³-hybridized carbons (Fsp3) is 0.214. The molecule has 0 radical (unpaired) electrons. The number of carbonyl (C=O) groups is 1. The zero-order chi connectivity index (χ0) is 14.5. The lowest BCUT2D eigenvalue weighted by atomic mass is 10.3. The highest BCUT2D eigenvalue weighted by molar-refractivity contribution is 7.10. The van der Waals surface area contributed by atoms with Crippen molar-refractivity contribution in [3.63, 3.8) is 0 Å². The Morgan fingerprint density at radius 2 is 1.81 bits per heavy atom. The molecule has 3 rings (SSSR count). The number of carbonyl (C=O) groups excluding carboxylic acids is 1. The van der Waals surface area contributed by atoms with Crippen LogP contribution in [0.25, 0.3) is 0 Å². The molecule has 3 heterocycles. The van der Waals surface area contributed by atoms with E-state index in [-0.39, 0.29) is 12.5 Å². The Morgan fingerprint density at radius 3 is 2.29 bits per heavy atom. The molecule has 21 heavy (non-hydrogen) atoms. The molecule has 0 aromatic carbocycles. The van der Waals surface area contributed by atoms with Gasteiger partial charge in [0.15, 0.2) is 0 Å². The number of thiophene rings is 2. The molecule has 108 valence electrons. The van der Waals surface area contributed by atoms with E-state index in [0.29, 0.717) is 13.1 Å². The fourth-order valence-electron chi connectivity index (χ4n) is 1.97. The van der Waals surface area contributed by atoms with E-state index in [9.17, 15) is 4.79 Å². The van der Waals surface area contributed by atoms with Crippen LogP contribution in [0.3, 0.4) is 0 Å². The van der Waals surface area contributed by atoms with Gasteiger partial charge >= 0.3 is 0 Å². The number of nitrogens with zero attached hydrogens (tertiary/aromatic N) is 4. The highest BCUT2D eigenvalue weighted by Gasteiger charge is 2.16. The van der Waals surface area contributed by atoms with Crippen LogP contribution in [0.5, 0.6) is 0 Å². The molecule has 0 atom stereocenters. The maximum Gasteiger partial charge on any atom is 0.245 e. The van der Waals surface area contributed by atoms with Crippen LogP contribution in [0.4, 0.5) is 0 Å². The second kappa shape index (κ2) is 6.64. The first-order chi connectivity index (χ1) is 10.3. The minimum atomic E-state index is 0.0438. The second-order valence-electron chi connectivity index (χ2n) is 4.50. The molecule has 0 aliphatic carbocycles. The zero-order valence-electron chi connectivity index (χ0n) is 11.3. The summed E-state index contributed by atoms with van der Waals surface area (Å²) >= 11 is 3.33. The molecule has 7 heteroatoms. The van der Waals surface area contributed by atoms with Gasteiger partial charge in [-0.3, -0.25) is 4.79 Å². The van der Waals surface area contributed by atoms with Crippen molar-refractivity contribution in [3.8, 4) is 0 Å². The summed E-state index contributed by atoms with van der Waals surface area (Å²) in [6.45, 7) is 1.48. The van der Waals surface area contributed by atoms with Crippen molar-refractivity contribution in [2.24, 2.45) is 0 Å². The topological polar surface area (TPSA) is 51.0 Å². The van der Waals surface area contributed by atoms with Crippen molar-refractivity contribution in [2.75, 3.05) is 0 Å².